The fourth-order valence-electron chi connectivity index (χ4n) is 4.58. The Morgan fingerprint density at radius 3 is 2.75 bits per heavy atom. The minimum absolute atomic E-state index is 0.0957. The molecule has 2 saturated heterocycles. The summed E-state index contributed by atoms with van der Waals surface area (Å²) in [4.78, 5) is 22.1. The van der Waals surface area contributed by atoms with Gasteiger partial charge in [0.25, 0.3) is 0 Å². The van der Waals surface area contributed by atoms with Crippen LogP contribution in [0.25, 0.3) is 0 Å². The third-order valence-corrected chi connectivity index (χ3v) is 5.99. The minimum Gasteiger partial charge on any atom is -0.382 e. The molecule has 2 aliphatic rings. The number of nitrogens with zero attached hydrogens (tertiary/aromatic N) is 3. The van der Waals surface area contributed by atoms with Gasteiger partial charge in [0.05, 0.1) is 18.1 Å². The lowest BCUT2D eigenvalue weighted by molar-refractivity contribution is -0.129. The van der Waals surface area contributed by atoms with Gasteiger partial charge in [-0.25, -0.2) is 0 Å². The first kappa shape index (κ1) is 21.2. The van der Waals surface area contributed by atoms with Crippen LogP contribution in [0, 0.1) is 5.92 Å². The smallest absolute Gasteiger partial charge is 0.224 e. The van der Waals surface area contributed by atoms with Crippen LogP contribution in [-0.4, -0.2) is 72.2 Å². The first-order valence-corrected chi connectivity index (χ1v) is 10.6. The Kier molecular flexibility index (Phi) is 7.43. The van der Waals surface area contributed by atoms with Crippen molar-refractivity contribution in [3.05, 3.63) is 30.1 Å². The number of methoxy groups -OCH3 is 1. The molecule has 6 nitrogen and oxygen atoms in total. The highest BCUT2D eigenvalue weighted by atomic mass is 16.5. The molecule has 2 fully saturated rings. The Balaban J connectivity index is 1.46. The zero-order valence-electron chi connectivity index (χ0n) is 17.7. The molecule has 0 aliphatic carbocycles. The van der Waals surface area contributed by atoms with Gasteiger partial charge in [0.1, 0.15) is 0 Å². The largest absolute Gasteiger partial charge is 0.382 e. The average Bonchev–Trinajstić information content (AvgIpc) is 2.69. The molecule has 1 aromatic heterocycles. The van der Waals surface area contributed by atoms with E-state index in [0.717, 1.165) is 45.6 Å². The van der Waals surface area contributed by atoms with Gasteiger partial charge < -0.3 is 10.1 Å². The first-order chi connectivity index (χ1) is 13.5. The van der Waals surface area contributed by atoms with Crippen molar-refractivity contribution < 1.29 is 9.53 Å². The summed E-state index contributed by atoms with van der Waals surface area (Å²) in [7, 11) is 1.68. The quantitative estimate of drug-likeness (QED) is 0.777. The molecule has 0 saturated carbocycles. The number of amides is 1. The third-order valence-electron chi connectivity index (χ3n) is 5.99. The van der Waals surface area contributed by atoms with Gasteiger partial charge in [-0.05, 0) is 70.8 Å². The zero-order chi connectivity index (χ0) is 20.0. The van der Waals surface area contributed by atoms with Gasteiger partial charge in [-0.2, -0.15) is 0 Å². The number of rotatable bonds is 7. The maximum absolute atomic E-state index is 12.8. The topological polar surface area (TPSA) is 57.7 Å². The molecule has 1 atom stereocenters. The van der Waals surface area contributed by atoms with Crippen LogP contribution in [0.4, 0.5) is 0 Å². The minimum atomic E-state index is -0.314. The zero-order valence-corrected chi connectivity index (χ0v) is 17.7. The summed E-state index contributed by atoms with van der Waals surface area (Å²) in [6.07, 6.45) is 8.26. The number of hydrogen-bond acceptors (Lipinski definition) is 5. The van der Waals surface area contributed by atoms with Crippen molar-refractivity contribution in [3.8, 4) is 0 Å². The lowest BCUT2D eigenvalue weighted by atomic mass is 9.92. The van der Waals surface area contributed by atoms with Crippen LogP contribution in [0.3, 0.4) is 0 Å². The van der Waals surface area contributed by atoms with E-state index in [0.29, 0.717) is 12.6 Å². The highest BCUT2D eigenvalue weighted by molar-refractivity contribution is 5.79. The van der Waals surface area contributed by atoms with Crippen LogP contribution in [-0.2, 0) is 16.1 Å². The highest BCUT2D eigenvalue weighted by Crippen LogP contribution is 2.25. The summed E-state index contributed by atoms with van der Waals surface area (Å²) in [5.41, 5.74) is 0.973. The number of hydrogen-bond donors (Lipinski definition) is 1. The summed E-state index contributed by atoms with van der Waals surface area (Å²) in [6.45, 7) is 9.81. The predicted molar refractivity (Wildman–Crippen MR) is 111 cm³/mol. The standard InChI is InChI=1S/C22H36N4O2/c1-22(2,17-28-3)24-21(27)19-7-5-11-26(16-19)20-8-12-25(13-9-20)15-18-6-4-10-23-14-18/h4,6,10,14,19-20H,5,7-9,11-13,15-17H2,1-3H3,(H,24,27). The second kappa shape index (κ2) is 9.81. The molecule has 0 spiro atoms. The van der Waals surface area contributed by atoms with Gasteiger partial charge >= 0.3 is 0 Å². The number of ether oxygens (including phenoxy) is 1. The van der Waals surface area contributed by atoms with Crippen molar-refractivity contribution >= 4 is 5.91 Å². The molecule has 28 heavy (non-hydrogen) atoms. The van der Waals surface area contributed by atoms with Crippen molar-refractivity contribution in [2.24, 2.45) is 5.92 Å². The summed E-state index contributed by atoms with van der Waals surface area (Å²) in [5.74, 6) is 0.277. The second-order valence-electron chi connectivity index (χ2n) is 9.01. The predicted octanol–water partition coefficient (Wildman–Crippen LogP) is 2.30. The second-order valence-corrected chi connectivity index (χ2v) is 9.01. The molecule has 156 valence electrons. The Morgan fingerprint density at radius 1 is 1.29 bits per heavy atom. The van der Waals surface area contributed by atoms with Gasteiger partial charge in [-0.3, -0.25) is 19.6 Å². The number of pyridine rings is 1. The third kappa shape index (κ3) is 6.00. The van der Waals surface area contributed by atoms with Crippen LogP contribution in [0.2, 0.25) is 0 Å². The monoisotopic (exact) mass is 388 g/mol. The molecule has 1 unspecified atom stereocenters. The molecule has 1 aromatic rings. The van der Waals surface area contributed by atoms with Crippen LogP contribution in [0.1, 0.15) is 45.1 Å². The maximum atomic E-state index is 12.8. The fourth-order valence-corrected chi connectivity index (χ4v) is 4.58. The van der Waals surface area contributed by atoms with E-state index in [4.69, 9.17) is 4.74 Å². The molecular weight excluding hydrogens is 352 g/mol. The average molecular weight is 389 g/mol. The molecule has 0 bridgehead atoms. The van der Waals surface area contributed by atoms with Crippen LogP contribution < -0.4 is 5.32 Å². The van der Waals surface area contributed by atoms with Crippen LogP contribution in [0.5, 0.6) is 0 Å². The molecule has 3 rings (SSSR count). The Hall–Kier alpha value is -1.50. The molecule has 2 aliphatic heterocycles. The van der Waals surface area contributed by atoms with Gasteiger partial charge in [0.2, 0.25) is 5.91 Å². The lowest BCUT2D eigenvalue weighted by Gasteiger charge is -2.42. The molecule has 1 N–H and O–H groups in total. The molecule has 3 heterocycles. The van der Waals surface area contributed by atoms with Crippen molar-refractivity contribution in [2.45, 2.75) is 57.7 Å². The molecule has 0 aromatic carbocycles. The van der Waals surface area contributed by atoms with E-state index < -0.39 is 0 Å². The summed E-state index contributed by atoms with van der Waals surface area (Å²) < 4.78 is 5.23. The van der Waals surface area contributed by atoms with Crippen LogP contribution in [0.15, 0.2) is 24.5 Å². The molecule has 0 radical (unpaired) electrons. The number of piperidine rings is 2. The van der Waals surface area contributed by atoms with E-state index in [1.807, 2.05) is 32.3 Å². The van der Waals surface area contributed by atoms with Crippen molar-refractivity contribution in [1.82, 2.24) is 20.1 Å². The molecule has 1 amide bonds. The van der Waals surface area contributed by atoms with Gasteiger partial charge in [0.15, 0.2) is 0 Å². The van der Waals surface area contributed by atoms with E-state index in [1.165, 1.54) is 18.4 Å². The SMILES string of the molecule is COCC(C)(C)NC(=O)C1CCCN(C2CCN(Cc3cccnc3)CC2)C1. The number of carbonyl (C=O) groups excluding carboxylic acids is 1. The number of nitrogens with one attached hydrogen (secondary N) is 1. The lowest BCUT2D eigenvalue weighted by Crippen LogP contribution is -2.54. The summed E-state index contributed by atoms with van der Waals surface area (Å²) in [5, 5.41) is 3.18. The van der Waals surface area contributed by atoms with E-state index >= 15 is 0 Å². The van der Waals surface area contributed by atoms with Crippen molar-refractivity contribution in [1.29, 1.82) is 0 Å². The Bertz CT molecular complexity index is 614. The van der Waals surface area contributed by atoms with Crippen LogP contribution >= 0.6 is 0 Å². The number of carbonyl (C=O) groups is 1. The van der Waals surface area contributed by atoms with E-state index in [-0.39, 0.29) is 17.4 Å². The summed E-state index contributed by atoms with van der Waals surface area (Å²) in [6, 6.07) is 4.76. The summed E-state index contributed by atoms with van der Waals surface area (Å²) >= 11 is 0. The van der Waals surface area contributed by atoms with Crippen molar-refractivity contribution in [2.75, 3.05) is 39.9 Å². The van der Waals surface area contributed by atoms with Gasteiger partial charge in [0, 0.05) is 38.6 Å². The van der Waals surface area contributed by atoms with Crippen molar-refractivity contribution in [3.63, 3.8) is 0 Å². The van der Waals surface area contributed by atoms with E-state index in [1.54, 1.807) is 7.11 Å². The molecular formula is C22H36N4O2. The van der Waals surface area contributed by atoms with Gasteiger partial charge in [-0.1, -0.05) is 6.07 Å². The fraction of sp³-hybridized carbons (Fsp3) is 0.727. The maximum Gasteiger partial charge on any atom is 0.224 e. The number of aromatic nitrogens is 1. The van der Waals surface area contributed by atoms with E-state index in [9.17, 15) is 4.79 Å². The normalized spacial score (nSPS) is 22.9. The first-order valence-electron chi connectivity index (χ1n) is 10.6. The molecule has 6 heteroatoms. The van der Waals surface area contributed by atoms with E-state index in [2.05, 4.69) is 26.2 Å². The Morgan fingerprint density at radius 2 is 2.07 bits per heavy atom. The Labute approximate surface area is 169 Å². The number of likely N-dealkylation sites (tertiary alicyclic amines) is 2. The highest BCUT2D eigenvalue weighted by Gasteiger charge is 2.33. The van der Waals surface area contributed by atoms with Gasteiger partial charge in [-0.15, -0.1) is 0 Å².